The molecule has 0 unspecified atom stereocenters. The predicted molar refractivity (Wildman–Crippen MR) is 64.3 cm³/mol. The summed E-state index contributed by atoms with van der Waals surface area (Å²) in [5, 5.41) is 10.7. The van der Waals surface area contributed by atoms with Crippen LogP contribution in [0, 0.1) is 13.8 Å². The highest BCUT2D eigenvalue weighted by atomic mass is 127. The van der Waals surface area contributed by atoms with Gasteiger partial charge in [0.25, 0.3) is 12.1 Å². The molecule has 0 spiro atoms. The predicted octanol–water partition coefficient (Wildman–Crippen LogP) is 2.25. The fourth-order valence-corrected chi connectivity index (χ4v) is 1.80. The van der Waals surface area contributed by atoms with Crippen molar-refractivity contribution in [3.05, 3.63) is 31.1 Å². The molecule has 0 aromatic carbocycles. The van der Waals surface area contributed by atoms with Crippen LogP contribution in [0.15, 0.2) is 6.07 Å². The van der Waals surface area contributed by atoms with Crippen molar-refractivity contribution in [3.8, 4) is 0 Å². The van der Waals surface area contributed by atoms with Crippen LogP contribution in [-0.4, -0.2) is 23.0 Å². The topological polar surface area (TPSA) is 82.3 Å². The number of nitrogens with zero attached hydrogens (tertiary/aromatic N) is 2. The number of carbonyl (C=O) groups is 1. The Kier molecular flexibility index (Phi) is 4.87. The minimum absolute atomic E-state index is 0.110. The molecule has 0 N–H and O–H groups in total. The van der Waals surface area contributed by atoms with Gasteiger partial charge in [-0.15, -0.1) is 0 Å². The maximum Gasteiger partial charge on any atom is 0.310 e. The van der Waals surface area contributed by atoms with Gasteiger partial charge >= 0.3 is 5.97 Å². The van der Waals surface area contributed by atoms with Crippen molar-refractivity contribution in [2.45, 2.75) is 12.8 Å². The first-order chi connectivity index (χ1) is 8.36. The normalized spacial score (nSPS) is 10.5. The minimum Gasteiger partial charge on any atom is -0.469 e. The summed E-state index contributed by atoms with van der Waals surface area (Å²) in [5.41, 5.74) is -1.53. The number of esters is 1. The van der Waals surface area contributed by atoms with Crippen molar-refractivity contribution in [2.24, 2.45) is 0 Å². The summed E-state index contributed by atoms with van der Waals surface area (Å²) >= 11 is 1.63. The molecule has 0 fully saturated rings. The van der Waals surface area contributed by atoms with E-state index in [0.29, 0.717) is 0 Å². The van der Waals surface area contributed by atoms with Crippen LogP contribution in [0.25, 0.3) is 0 Å². The second-order valence-corrected chi connectivity index (χ2v) is 4.18. The molecular formula is C9H7F2IN2O4. The van der Waals surface area contributed by atoms with Crippen LogP contribution >= 0.6 is 22.6 Å². The van der Waals surface area contributed by atoms with Gasteiger partial charge in [-0.3, -0.25) is 14.9 Å². The molecule has 6 nitrogen and oxygen atoms in total. The van der Waals surface area contributed by atoms with Gasteiger partial charge in [-0.25, -0.2) is 13.8 Å². The molecule has 9 heteroatoms. The van der Waals surface area contributed by atoms with E-state index < -0.39 is 28.7 Å². The number of pyridine rings is 1. The number of ether oxygens (including phenoxy) is 1. The molecule has 18 heavy (non-hydrogen) atoms. The van der Waals surface area contributed by atoms with Gasteiger partial charge in [-0.1, -0.05) is 0 Å². The lowest BCUT2D eigenvalue weighted by Gasteiger charge is -2.06. The van der Waals surface area contributed by atoms with Gasteiger partial charge in [0.15, 0.2) is 5.69 Å². The number of alkyl halides is 2. The number of hydrogen-bond acceptors (Lipinski definition) is 5. The molecule has 0 saturated heterocycles. The third kappa shape index (κ3) is 3.31. The Bertz CT molecular complexity index is 496. The molecule has 1 heterocycles. The fraction of sp³-hybridized carbons (Fsp3) is 0.333. The van der Waals surface area contributed by atoms with Gasteiger partial charge < -0.3 is 4.74 Å². The molecule has 0 aliphatic rings. The average Bonchev–Trinajstić information content (AvgIpc) is 2.30. The first kappa shape index (κ1) is 14.7. The summed E-state index contributed by atoms with van der Waals surface area (Å²) in [6, 6.07) is 0.924. The second-order valence-electron chi connectivity index (χ2n) is 3.15. The minimum atomic E-state index is -3.05. The lowest BCUT2D eigenvalue weighted by atomic mass is 10.1. The lowest BCUT2D eigenvalue weighted by Crippen LogP contribution is -2.09. The first-order valence-corrected chi connectivity index (χ1v) is 5.63. The Hall–Kier alpha value is -1.39. The van der Waals surface area contributed by atoms with E-state index in [2.05, 4.69) is 9.72 Å². The van der Waals surface area contributed by atoms with E-state index in [1.54, 1.807) is 22.6 Å². The van der Waals surface area contributed by atoms with Crippen LogP contribution in [0.3, 0.4) is 0 Å². The molecule has 1 aromatic rings. The Morgan fingerprint density at radius 2 is 2.28 bits per heavy atom. The monoisotopic (exact) mass is 372 g/mol. The quantitative estimate of drug-likeness (QED) is 0.266. The highest BCUT2D eigenvalue weighted by Crippen LogP contribution is 2.29. The molecule has 1 rings (SSSR count). The Morgan fingerprint density at radius 3 is 2.72 bits per heavy atom. The molecule has 0 radical (unpaired) electrons. The van der Waals surface area contributed by atoms with Gasteiger partial charge in [-0.2, -0.15) is 0 Å². The molecule has 0 aliphatic carbocycles. The van der Waals surface area contributed by atoms with Gasteiger partial charge in [0.05, 0.1) is 18.5 Å². The molecule has 0 aliphatic heterocycles. The second kappa shape index (κ2) is 5.98. The molecule has 98 valence electrons. The van der Waals surface area contributed by atoms with E-state index in [1.165, 1.54) is 0 Å². The van der Waals surface area contributed by atoms with E-state index in [1.807, 2.05) is 0 Å². The highest BCUT2D eigenvalue weighted by Gasteiger charge is 2.26. The summed E-state index contributed by atoms with van der Waals surface area (Å²) < 4.78 is 29.6. The summed E-state index contributed by atoms with van der Waals surface area (Å²) in [4.78, 5) is 24.2. The number of carbonyl (C=O) groups excluding carboxylic acids is 1. The summed E-state index contributed by atoms with van der Waals surface area (Å²) in [6.07, 6.45) is -3.31. The number of rotatable bonds is 4. The summed E-state index contributed by atoms with van der Waals surface area (Å²) in [5.74, 6) is -0.631. The zero-order chi connectivity index (χ0) is 13.9. The number of hydrogen-bond donors (Lipinski definition) is 0. The SMILES string of the molecule is COC(=O)Cc1cc([N+](=O)[O-])c(C(F)F)nc1I. The number of methoxy groups -OCH3 is 1. The molecule has 0 atom stereocenters. The largest absolute Gasteiger partial charge is 0.469 e. The van der Waals surface area contributed by atoms with Gasteiger partial charge in [0, 0.05) is 11.6 Å². The van der Waals surface area contributed by atoms with Crippen LogP contribution in [0.5, 0.6) is 0 Å². The van der Waals surface area contributed by atoms with Crippen molar-refractivity contribution >= 4 is 34.2 Å². The average molecular weight is 372 g/mol. The summed E-state index contributed by atoms with van der Waals surface area (Å²) in [7, 11) is 1.16. The first-order valence-electron chi connectivity index (χ1n) is 4.55. The van der Waals surface area contributed by atoms with Crippen LogP contribution < -0.4 is 0 Å². The van der Waals surface area contributed by atoms with Crippen molar-refractivity contribution in [3.63, 3.8) is 0 Å². The standard InChI is InChI=1S/C9H7F2IN2O4/c1-18-6(15)3-4-2-5(14(16)17)7(8(10)11)13-9(4)12/h2,8H,3H2,1H3. The lowest BCUT2D eigenvalue weighted by molar-refractivity contribution is -0.386. The Balaban J connectivity index is 3.27. The third-order valence-electron chi connectivity index (χ3n) is 2.02. The van der Waals surface area contributed by atoms with E-state index in [9.17, 15) is 23.7 Å². The Labute approximate surface area is 114 Å². The Morgan fingerprint density at radius 1 is 1.67 bits per heavy atom. The molecular weight excluding hydrogens is 365 g/mol. The van der Waals surface area contributed by atoms with Crippen molar-refractivity contribution < 1.29 is 23.2 Å². The zero-order valence-corrected chi connectivity index (χ0v) is 11.2. The van der Waals surface area contributed by atoms with Crippen LogP contribution in [0.1, 0.15) is 17.7 Å². The van der Waals surface area contributed by atoms with Crippen LogP contribution in [0.2, 0.25) is 0 Å². The van der Waals surface area contributed by atoms with E-state index >= 15 is 0 Å². The maximum atomic E-state index is 12.6. The maximum absolute atomic E-state index is 12.6. The van der Waals surface area contributed by atoms with Crippen molar-refractivity contribution in [2.75, 3.05) is 7.11 Å². The van der Waals surface area contributed by atoms with E-state index in [-0.39, 0.29) is 15.7 Å². The van der Waals surface area contributed by atoms with Gasteiger partial charge in [0.1, 0.15) is 3.70 Å². The number of nitro groups is 1. The third-order valence-corrected chi connectivity index (χ3v) is 2.96. The molecule has 1 aromatic heterocycles. The zero-order valence-electron chi connectivity index (χ0n) is 9.02. The molecule has 0 saturated carbocycles. The smallest absolute Gasteiger partial charge is 0.310 e. The van der Waals surface area contributed by atoms with Crippen LogP contribution in [0.4, 0.5) is 14.5 Å². The highest BCUT2D eigenvalue weighted by molar-refractivity contribution is 14.1. The van der Waals surface area contributed by atoms with Crippen LogP contribution in [-0.2, 0) is 16.0 Å². The number of aromatic nitrogens is 1. The van der Waals surface area contributed by atoms with Crippen molar-refractivity contribution in [1.82, 2.24) is 4.98 Å². The van der Waals surface area contributed by atoms with Gasteiger partial charge in [-0.05, 0) is 22.6 Å². The fourth-order valence-electron chi connectivity index (χ4n) is 1.19. The van der Waals surface area contributed by atoms with E-state index in [0.717, 1.165) is 13.2 Å². The van der Waals surface area contributed by atoms with Crippen molar-refractivity contribution in [1.29, 1.82) is 0 Å². The molecule has 0 bridgehead atoms. The van der Waals surface area contributed by atoms with Gasteiger partial charge in [0.2, 0.25) is 0 Å². The summed E-state index contributed by atoms with van der Waals surface area (Å²) in [6.45, 7) is 0. The van der Waals surface area contributed by atoms with E-state index in [4.69, 9.17) is 0 Å². The number of halogens is 3. The molecule has 0 amide bonds.